The van der Waals surface area contributed by atoms with Crippen LogP contribution < -0.4 is 0 Å². The van der Waals surface area contributed by atoms with E-state index >= 15 is 0 Å². The van der Waals surface area contributed by atoms with Gasteiger partial charge in [0, 0.05) is 17.5 Å². The van der Waals surface area contributed by atoms with E-state index in [2.05, 4.69) is 31.7 Å². The zero-order valence-corrected chi connectivity index (χ0v) is 11.4. The smallest absolute Gasteiger partial charge is 0.101 e. The topological polar surface area (TPSA) is 27.0 Å². The summed E-state index contributed by atoms with van der Waals surface area (Å²) in [6, 6.07) is 3.03. The Morgan fingerprint density at radius 1 is 1.50 bits per heavy atom. The fraction of sp³-hybridized carbons (Fsp3) is 0.846. The maximum absolute atomic E-state index is 9.38. The highest BCUT2D eigenvalue weighted by Crippen LogP contribution is 2.25. The lowest BCUT2D eigenvalue weighted by atomic mass is 9.90. The van der Waals surface area contributed by atoms with Gasteiger partial charge in [-0.3, -0.25) is 4.90 Å². The van der Waals surface area contributed by atoms with Gasteiger partial charge in [0.15, 0.2) is 0 Å². The fourth-order valence-corrected chi connectivity index (χ4v) is 2.80. The summed E-state index contributed by atoms with van der Waals surface area (Å²) >= 11 is 5.31. The summed E-state index contributed by atoms with van der Waals surface area (Å²) in [5.41, 5.74) is 0. The molecule has 0 aromatic carbocycles. The molecular formula is C13H22N2S. The Labute approximate surface area is 105 Å². The summed E-state index contributed by atoms with van der Waals surface area (Å²) < 4.78 is 0. The van der Waals surface area contributed by atoms with E-state index in [0.717, 1.165) is 37.1 Å². The van der Waals surface area contributed by atoms with Crippen LogP contribution >= 0.6 is 12.2 Å². The van der Waals surface area contributed by atoms with Crippen molar-refractivity contribution in [1.82, 2.24) is 4.90 Å². The molecule has 1 rings (SSSR count). The first-order chi connectivity index (χ1) is 7.63. The predicted octanol–water partition coefficient (Wildman–Crippen LogP) is 3.17. The number of rotatable bonds is 4. The molecule has 16 heavy (non-hydrogen) atoms. The molecule has 2 atom stereocenters. The largest absolute Gasteiger partial charge is 0.280 e. The van der Waals surface area contributed by atoms with Crippen LogP contribution in [0.3, 0.4) is 0 Å². The molecule has 0 radical (unpaired) electrons. The van der Waals surface area contributed by atoms with Crippen LogP contribution in [0.5, 0.6) is 0 Å². The average molecular weight is 238 g/mol. The standard InChI is InChI=1S/C13H22N2S/c1-4-11(5-2)13(8-14)15-9-12(16)7-6-10(15)3/h10-11,13H,4-7,9H2,1-3H3. The van der Waals surface area contributed by atoms with Gasteiger partial charge in [0.1, 0.15) is 6.04 Å². The van der Waals surface area contributed by atoms with Gasteiger partial charge in [-0.25, -0.2) is 0 Å². The summed E-state index contributed by atoms with van der Waals surface area (Å²) in [6.07, 6.45) is 4.31. The van der Waals surface area contributed by atoms with Crippen molar-refractivity contribution in [2.45, 2.75) is 58.5 Å². The summed E-state index contributed by atoms with van der Waals surface area (Å²) in [4.78, 5) is 3.42. The van der Waals surface area contributed by atoms with Crippen LogP contribution in [0.1, 0.15) is 46.5 Å². The van der Waals surface area contributed by atoms with E-state index in [-0.39, 0.29) is 6.04 Å². The highest BCUT2D eigenvalue weighted by molar-refractivity contribution is 7.80. The zero-order chi connectivity index (χ0) is 12.1. The van der Waals surface area contributed by atoms with Crippen LogP contribution in [0.15, 0.2) is 0 Å². The molecule has 0 aromatic rings. The average Bonchev–Trinajstić information content (AvgIpc) is 2.29. The Bertz CT molecular complexity index is 278. The molecule has 2 nitrogen and oxygen atoms in total. The lowest BCUT2D eigenvalue weighted by molar-refractivity contribution is 0.135. The third-order valence-electron chi connectivity index (χ3n) is 3.75. The van der Waals surface area contributed by atoms with Crippen molar-refractivity contribution >= 4 is 17.1 Å². The van der Waals surface area contributed by atoms with Crippen molar-refractivity contribution < 1.29 is 0 Å². The predicted molar refractivity (Wildman–Crippen MR) is 71.5 cm³/mol. The lowest BCUT2D eigenvalue weighted by Gasteiger charge is -2.39. The van der Waals surface area contributed by atoms with Gasteiger partial charge >= 0.3 is 0 Å². The summed E-state index contributed by atoms with van der Waals surface area (Å²) in [6.45, 7) is 7.40. The minimum Gasteiger partial charge on any atom is -0.280 e. The first-order valence-electron chi connectivity index (χ1n) is 6.31. The van der Waals surface area contributed by atoms with Crippen LogP contribution in [0.25, 0.3) is 0 Å². The molecule has 0 aromatic heterocycles. The molecular weight excluding hydrogens is 216 g/mol. The normalized spacial score (nSPS) is 24.4. The third-order valence-corrected chi connectivity index (χ3v) is 4.08. The van der Waals surface area contributed by atoms with Crippen molar-refractivity contribution in [2.24, 2.45) is 5.92 Å². The van der Waals surface area contributed by atoms with Crippen LogP contribution in [0.4, 0.5) is 0 Å². The van der Waals surface area contributed by atoms with Crippen molar-refractivity contribution in [3.05, 3.63) is 0 Å². The van der Waals surface area contributed by atoms with Gasteiger partial charge in [-0.2, -0.15) is 5.26 Å². The van der Waals surface area contributed by atoms with Gasteiger partial charge in [0.2, 0.25) is 0 Å². The van der Waals surface area contributed by atoms with Crippen molar-refractivity contribution in [3.8, 4) is 6.07 Å². The molecule has 0 spiro atoms. The first kappa shape index (κ1) is 13.6. The molecule has 1 aliphatic rings. The molecule has 3 heteroatoms. The summed E-state index contributed by atoms with van der Waals surface area (Å²) in [5, 5.41) is 9.38. The van der Waals surface area contributed by atoms with Gasteiger partial charge in [-0.15, -0.1) is 0 Å². The second-order valence-corrected chi connectivity index (χ2v) is 5.33. The quantitative estimate of drug-likeness (QED) is 0.704. The monoisotopic (exact) mass is 238 g/mol. The molecule has 1 heterocycles. The SMILES string of the molecule is CCC(CC)C(C#N)N1CC(=S)CCC1C. The second kappa shape index (κ2) is 6.32. The highest BCUT2D eigenvalue weighted by atomic mass is 32.1. The Morgan fingerprint density at radius 2 is 2.12 bits per heavy atom. The molecule has 0 amide bonds. The molecule has 1 fully saturated rings. The molecule has 0 saturated carbocycles. The number of nitriles is 1. The minimum atomic E-state index is 0.0447. The number of hydrogen-bond acceptors (Lipinski definition) is 3. The maximum atomic E-state index is 9.38. The van der Waals surface area contributed by atoms with Crippen molar-refractivity contribution in [2.75, 3.05) is 6.54 Å². The molecule has 0 bridgehead atoms. The Hall–Kier alpha value is -0.460. The number of thiocarbonyl (C=S) groups is 1. The van der Waals surface area contributed by atoms with Crippen molar-refractivity contribution in [3.63, 3.8) is 0 Å². The zero-order valence-electron chi connectivity index (χ0n) is 10.6. The Morgan fingerprint density at radius 3 is 2.62 bits per heavy atom. The Balaban J connectivity index is 2.78. The fourth-order valence-electron chi connectivity index (χ4n) is 2.53. The summed E-state index contributed by atoms with van der Waals surface area (Å²) in [7, 11) is 0. The van der Waals surface area contributed by atoms with Gasteiger partial charge in [0.05, 0.1) is 6.07 Å². The molecule has 90 valence electrons. The van der Waals surface area contributed by atoms with E-state index in [1.165, 1.54) is 0 Å². The second-order valence-electron chi connectivity index (χ2n) is 4.75. The van der Waals surface area contributed by atoms with E-state index in [1.54, 1.807) is 0 Å². The van der Waals surface area contributed by atoms with E-state index in [1.807, 2.05) is 0 Å². The maximum Gasteiger partial charge on any atom is 0.101 e. The lowest BCUT2D eigenvalue weighted by Crippen LogP contribution is -2.50. The third kappa shape index (κ3) is 3.02. The first-order valence-corrected chi connectivity index (χ1v) is 6.71. The van der Waals surface area contributed by atoms with Crippen LogP contribution in [0, 0.1) is 17.2 Å². The van der Waals surface area contributed by atoms with E-state index < -0.39 is 0 Å². The number of nitrogens with zero attached hydrogens (tertiary/aromatic N) is 2. The van der Waals surface area contributed by atoms with Gasteiger partial charge in [-0.1, -0.05) is 38.9 Å². The van der Waals surface area contributed by atoms with Gasteiger partial charge in [-0.05, 0) is 25.7 Å². The summed E-state index contributed by atoms with van der Waals surface area (Å²) in [5.74, 6) is 0.480. The molecule has 0 N–H and O–H groups in total. The number of likely N-dealkylation sites (tertiary alicyclic amines) is 1. The molecule has 1 aliphatic heterocycles. The van der Waals surface area contributed by atoms with Gasteiger partial charge in [0.25, 0.3) is 0 Å². The van der Waals surface area contributed by atoms with E-state index in [0.29, 0.717) is 12.0 Å². The molecule has 1 saturated heterocycles. The van der Waals surface area contributed by atoms with E-state index in [4.69, 9.17) is 12.2 Å². The highest BCUT2D eigenvalue weighted by Gasteiger charge is 2.31. The number of hydrogen-bond donors (Lipinski definition) is 0. The van der Waals surface area contributed by atoms with Crippen LogP contribution in [-0.4, -0.2) is 28.4 Å². The minimum absolute atomic E-state index is 0.0447. The molecule has 2 unspecified atom stereocenters. The van der Waals surface area contributed by atoms with Crippen molar-refractivity contribution in [1.29, 1.82) is 5.26 Å². The van der Waals surface area contributed by atoms with Crippen LogP contribution in [-0.2, 0) is 0 Å². The molecule has 0 aliphatic carbocycles. The van der Waals surface area contributed by atoms with Crippen LogP contribution in [0.2, 0.25) is 0 Å². The van der Waals surface area contributed by atoms with E-state index in [9.17, 15) is 5.26 Å². The number of piperidine rings is 1. The Kier molecular flexibility index (Phi) is 5.37. The van der Waals surface area contributed by atoms with Gasteiger partial charge < -0.3 is 0 Å².